The molecule has 54 heavy (non-hydrogen) atoms. The molecule has 0 bridgehead atoms. The molecule has 2 aliphatic rings. The summed E-state index contributed by atoms with van der Waals surface area (Å²) >= 11 is 0. The van der Waals surface area contributed by atoms with Crippen LogP contribution in [0.1, 0.15) is 77.1 Å². The molecule has 4 atom stereocenters. The van der Waals surface area contributed by atoms with E-state index in [1.807, 2.05) is 52.0 Å². The fourth-order valence-electron chi connectivity index (χ4n) is 7.38. The number of benzene rings is 2. The van der Waals surface area contributed by atoms with Crippen LogP contribution in [0.4, 0.5) is 4.79 Å². The third-order valence-electron chi connectivity index (χ3n) is 10.3. The van der Waals surface area contributed by atoms with Gasteiger partial charge in [-0.3, -0.25) is 19.2 Å². The Labute approximate surface area is 314 Å². The number of methoxy groups -OCH3 is 1. The number of ether oxygens (including phenoxy) is 1. The molecule has 0 radical (unpaired) electrons. The van der Waals surface area contributed by atoms with Crippen LogP contribution in [0.25, 0.3) is 33.6 Å². The number of rotatable bonds is 12. The van der Waals surface area contributed by atoms with E-state index < -0.39 is 24.1 Å². The maximum Gasteiger partial charge on any atom is 0.407 e. The summed E-state index contributed by atoms with van der Waals surface area (Å²) in [7, 11) is 1.28. The van der Waals surface area contributed by atoms with E-state index in [0.29, 0.717) is 24.7 Å². The summed E-state index contributed by atoms with van der Waals surface area (Å²) in [5.41, 5.74) is 5.68. The van der Waals surface area contributed by atoms with Crippen LogP contribution in [0.3, 0.4) is 0 Å². The molecule has 4 N–H and O–H groups in total. The largest absolute Gasteiger partial charge is 0.453 e. The van der Waals surface area contributed by atoms with Crippen molar-refractivity contribution in [1.29, 1.82) is 0 Å². The Balaban J connectivity index is 1.11. The Morgan fingerprint density at radius 3 is 1.50 bits per heavy atom. The van der Waals surface area contributed by atoms with Crippen molar-refractivity contribution in [3.05, 3.63) is 72.6 Å². The third-order valence-corrected chi connectivity index (χ3v) is 10.3. The van der Waals surface area contributed by atoms with E-state index in [9.17, 15) is 24.0 Å². The number of aromatic amines is 2. The maximum absolute atomic E-state index is 13.5. The fraction of sp³-hybridized carbons (Fsp3) is 0.425. The first-order valence-corrected chi connectivity index (χ1v) is 18.5. The number of alkyl carbamates (subject to hydrolysis) is 1. The fourth-order valence-corrected chi connectivity index (χ4v) is 7.38. The normalized spacial score (nSPS) is 18.1. The van der Waals surface area contributed by atoms with Crippen molar-refractivity contribution in [2.24, 2.45) is 11.8 Å². The van der Waals surface area contributed by atoms with E-state index >= 15 is 0 Å². The lowest BCUT2D eigenvalue weighted by molar-refractivity contribution is -0.140. The van der Waals surface area contributed by atoms with Crippen molar-refractivity contribution in [2.45, 2.75) is 77.5 Å². The SMILES string of the molecule is COC(=O)N[C@H](C(=O)N1CCC[C@H]1c1ncc(-c2ccc(-c3ccc(-c4cnc(C5CCCN5C(=O)[C@@H](NC(=O)C=O)C(C)C)[nH]4)cc3)cc2)[nH]1)C(C)C. The molecule has 1 unspecified atom stereocenters. The van der Waals surface area contributed by atoms with Gasteiger partial charge in [0.15, 0.2) is 0 Å². The quantitative estimate of drug-likeness (QED) is 0.113. The Morgan fingerprint density at radius 2 is 1.11 bits per heavy atom. The first kappa shape index (κ1) is 38.0. The first-order chi connectivity index (χ1) is 26.0. The number of nitrogens with one attached hydrogen (secondary N) is 4. The molecule has 2 fully saturated rings. The maximum atomic E-state index is 13.5. The van der Waals surface area contributed by atoms with Crippen molar-refractivity contribution in [2.75, 3.05) is 20.2 Å². The predicted molar refractivity (Wildman–Crippen MR) is 201 cm³/mol. The minimum atomic E-state index is -0.806. The van der Waals surface area contributed by atoms with Crippen LogP contribution < -0.4 is 10.6 Å². The highest BCUT2D eigenvalue weighted by atomic mass is 16.5. The van der Waals surface area contributed by atoms with Gasteiger partial charge in [-0.2, -0.15) is 0 Å². The number of amides is 4. The number of imidazole rings is 2. The van der Waals surface area contributed by atoms with Crippen LogP contribution in [0.2, 0.25) is 0 Å². The molecule has 14 nitrogen and oxygen atoms in total. The second-order valence-electron chi connectivity index (χ2n) is 14.6. The van der Waals surface area contributed by atoms with Gasteiger partial charge >= 0.3 is 6.09 Å². The summed E-state index contributed by atoms with van der Waals surface area (Å²) in [5.74, 6) is -0.0632. The van der Waals surface area contributed by atoms with Gasteiger partial charge in [-0.15, -0.1) is 0 Å². The average molecular weight is 737 g/mol. The second kappa shape index (κ2) is 16.5. The number of carbonyl (C=O) groups is 5. The molecule has 0 aliphatic carbocycles. The summed E-state index contributed by atoms with van der Waals surface area (Å²) in [4.78, 5) is 81.3. The van der Waals surface area contributed by atoms with Crippen molar-refractivity contribution in [3.63, 3.8) is 0 Å². The van der Waals surface area contributed by atoms with Crippen molar-refractivity contribution in [1.82, 2.24) is 40.4 Å². The minimum absolute atomic E-state index is 0.109. The van der Waals surface area contributed by atoms with Gasteiger partial charge < -0.3 is 35.1 Å². The van der Waals surface area contributed by atoms with Gasteiger partial charge in [-0.1, -0.05) is 76.2 Å². The average Bonchev–Trinajstić information content (AvgIpc) is 4.02. The Bertz CT molecular complexity index is 1970. The number of nitrogens with zero attached hydrogens (tertiary/aromatic N) is 4. The van der Waals surface area contributed by atoms with Gasteiger partial charge in [0.2, 0.25) is 18.1 Å². The van der Waals surface area contributed by atoms with E-state index in [0.717, 1.165) is 59.3 Å². The van der Waals surface area contributed by atoms with Gasteiger partial charge in [-0.25, -0.2) is 14.8 Å². The van der Waals surface area contributed by atoms with Crippen LogP contribution in [-0.2, 0) is 23.9 Å². The van der Waals surface area contributed by atoms with Crippen LogP contribution in [0.5, 0.6) is 0 Å². The zero-order chi connectivity index (χ0) is 38.5. The summed E-state index contributed by atoms with van der Waals surface area (Å²) in [6.45, 7) is 8.60. The highest BCUT2D eigenvalue weighted by Gasteiger charge is 2.39. The lowest BCUT2D eigenvalue weighted by Gasteiger charge is -2.30. The van der Waals surface area contributed by atoms with Crippen LogP contribution in [-0.4, -0.2) is 92.1 Å². The topological polar surface area (TPSA) is 182 Å². The highest BCUT2D eigenvalue weighted by molar-refractivity contribution is 6.24. The molecule has 2 aromatic carbocycles. The van der Waals surface area contributed by atoms with Gasteiger partial charge in [-0.05, 0) is 59.8 Å². The van der Waals surface area contributed by atoms with E-state index in [1.165, 1.54) is 7.11 Å². The number of hydrogen-bond acceptors (Lipinski definition) is 8. The number of hydrogen-bond donors (Lipinski definition) is 4. The zero-order valence-electron chi connectivity index (χ0n) is 31.3. The number of aldehydes is 1. The molecule has 4 heterocycles. The van der Waals surface area contributed by atoms with Crippen molar-refractivity contribution < 1.29 is 28.7 Å². The molecule has 2 aromatic heterocycles. The van der Waals surface area contributed by atoms with E-state index in [4.69, 9.17) is 4.74 Å². The smallest absolute Gasteiger partial charge is 0.407 e. The third kappa shape index (κ3) is 8.07. The molecule has 2 aliphatic heterocycles. The lowest BCUT2D eigenvalue weighted by atomic mass is 10.0. The van der Waals surface area contributed by atoms with Gasteiger partial charge in [0.05, 0.1) is 43.0 Å². The van der Waals surface area contributed by atoms with E-state index in [1.54, 1.807) is 22.2 Å². The zero-order valence-corrected chi connectivity index (χ0v) is 31.3. The molecule has 284 valence electrons. The van der Waals surface area contributed by atoms with Gasteiger partial charge in [0, 0.05) is 13.1 Å². The lowest BCUT2D eigenvalue weighted by Crippen LogP contribution is -2.51. The first-order valence-electron chi connectivity index (χ1n) is 18.5. The van der Waals surface area contributed by atoms with Crippen LogP contribution in [0.15, 0.2) is 60.9 Å². The summed E-state index contributed by atoms with van der Waals surface area (Å²) in [5, 5.41) is 5.23. The number of H-pyrrole nitrogens is 2. The highest BCUT2D eigenvalue weighted by Crippen LogP contribution is 2.35. The van der Waals surface area contributed by atoms with Crippen LogP contribution >= 0.6 is 0 Å². The molecule has 14 heteroatoms. The van der Waals surface area contributed by atoms with E-state index in [-0.39, 0.29) is 42.0 Å². The number of aromatic nitrogens is 4. The molecule has 0 spiro atoms. The molecule has 0 saturated carbocycles. The predicted octanol–water partition coefficient (Wildman–Crippen LogP) is 5.18. The Hall–Kier alpha value is -5.79. The molecular weight excluding hydrogens is 688 g/mol. The van der Waals surface area contributed by atoms with Crippen molar-refractivity contribution >= 4 is 30.1 Å². The summed E-state index contributed by atoms with van der Waals surface area (Å²) < 4.78 is 4.75. The Morgan fingerprint density at radius 1 is 0.704 bits per heavy atom. The summed E-state index contributed by atoms with van der Waals surface area (Å²) in [6.07, 6.45) is 6.30. The van der Waals surface area contributed by atoms with Crippen molar-refractivity contribution in [3.8, 4) is 33.6 Å². The molecule has 2 saturated heterocycles. The number of likely N-dealkylation sites (tertiary alicyclic amines) is 2. The Kier molecular flexibility index (Phi) is 11.6. The minimum Gasteiger partial charge on any atom is -0.453 e. The van der Waals surface area contributed by atoms with Gasteiger partial charge in [0.1, 0.15) is 23.7 Å². The second-order valence-corrected chi connectivity index (χ2v) is 14.6. The molecule has 6 rings (SSSR count). The van der Waals surface area contributed by atoms with Crippen LogP contribution in [0, 0.1) is 11.8 Å². The molecular formula is C40H48N8O6. The molecule has 4 amide bonds. The molecule has 4 aromatic rings. The number of carbonyl (C=O) groups excluding carboxylic acids is 5. The monoisotopic (exact) mass is 736 g/mol. The van der Waals surface area contributed by atoms with Gasteiger partial charge in [0.25, 0.3) is 5.91 Å². The van der Waals surface area contributed by atoms with E-state index in [2.05, 4.69) is 54.8 Å². The standard InChI is InChI=1S/C40H48N8O6/c1-23(2)34(45-33(50)22-49)38(51)47-18-6-8-31(47)36-41-20-29(43-36)27-14-10-25(11-15-27)26-12-16-28(17-13-26)30-21-42-37(44-30)32-9-7-19-48(32)39(52)35(24(3)4)46-40(53)54-5/h10-17,20-24,31-32,34-35H,6-9,18-19H2,1-5H3,(H,41,43)(H,42,44)(H,45,50)(H,46,53)/t31?,32-,34-,35-/m0/s1. The summed E-state index contributed by atoms with van der Waals surface area (Å²) in [6, 6.07) is 14.4.